The molecule has 0 aliphatic heterocycles. The summed E-state index contributed by atoms with van der Waals surface area (Å²) in [6, 6.07) is 7.24. The van der Waals surface area contributed by atoms with E-state index in [1.807, 2.05) is 6.07 Å². The Labute approximate surface area is 97.1 Å². The lowest BCUT2D eigenvalue weighted by Crippen LogP contribution is -1.95. The Balaban J connectivity index is 2.38. The fourth-order valence-electron chi connectivity index (χ4n) is 1.27. The second-order valence-corrected chi connectivity index (χ2v) is 3.27. The summed E-state index contributed by atoms with van der Waals surface area (Å²) in [5, 5.41) is 8.86. The fraction of sp³-hybridized carbons (Fsp3) is 0. The fourth-order valence-corrected chi connectivity index (χ4v) is 1.27. The van der Waals surface area contributed by atoms with E-state index in [0.717, 1.165) is 6.07 Å². The van der Waals surface area contributed by atoms with E-state index in [2.05, 4.69) is 4.98 Å². The van der Waals surface area contributed by atoms with Crippen LogP contribution in [0.15, 0.2) is 36.7 Å². The van der Waals surface area contributed by atoms with Gasteiger partial charge in [0.05, 0.1) is 17.4 Å². The molecule has 0 fully saturated rings. The summed E-state index contributed by atoms with van der Waals surface area (Å²) in [4.78, 5) is 3.83. The van der Waals surface area contributed by atoms with E-state index in [9.17, 15) is 4.39 Å². The highest BCUT2D eigenvalue weighted by molar-refractivity contribution is 5.55. The Morgan fingerprint density at radius 3 is 2.88 bits per heavy atom. The van der Waals surface area contributed by atoms with Crippen LogP contribution in [0.3, 0.4) is 0 Å². The van der Waals surface area contributed by atoms with Gasteiger partial charge in [0.1, 0.15) is 11.9 Å². The lowest BCUT2D eigenvalue weighted by Gasteiger charge is -2.08. The number of nitrogens with two attached hydrogens (primary N) is 1. The highest BCUT2D eigenvalue weighted by Gasteiger charge is 2.07. The molecule has 0 amide bonds. The maximum atomic E-state index is 13.0. The van der Waals surface area contributed by atoms with Crippen LogP contribution in [0.2, 0.25) is 0 Å². The van der Waals surface area contributed by atoms with Crippen LogP contribution in [0.1, 0.15) is 5.56 Å². The largest absolute Gasteiger partial charge is 0.452 e. The summed E-state index contributed by atoms with van der Waals surface area (Å²) >= 11 is 0. The zero-order chi connectivity index (χ0) is 12.3. The monoisotopic (exact) mass is 229 g/mol. The first-order valence-corrected chi connectivity index (χ1v) is 4.77. The van der Waals surface area contributed by atoms with Crippen LogP contribution in [0.4, 0.5) is 10.1 Å². The van der Waals surface area contributed by atoms with E-state index in [-0.39, 0.29) is 11.5 Å². The van der Waals surface area contributed by atoms with Crippen molar-refractivity contribution in [3.8, 4) is 17.6 Å². The number of benzene rings is 1. The minimum Gasteiger partial charge on any atom is -0.452 e. The minimum absolute atomic E-state index is 0.162. The second-order valence-electron chi connectivity index (χ2n) is 3.27. The number of rotatable bonds is 2. The highest BCUT2D eigenvalue weighted by atomic mass is 19.1. The smallest absolute Gasteiger partial charge is 0.163 e. The predicted octanol–water partition coefficient (Wildman–Crippen LogP) is 2.47. The number of hydrogen-bond donors (Lipinski definition) is 1. The molecule has 17 heavy (non-hydrogen) atoms. The molecule has 0 unspecified atom stereocenters. The Hall–Kier alpha value is -2.61. The third-order valence-corrected chi connectivity index (χ3v) is 2.10. The number of halogens is 1. The molecule has 0 saturated carbocycles. The zero-order valence-electron chi connectivity index (χ0n) is 8.72. The average Bonchev–Trinajstić information content (AvgIpc) is 2.34. The molecule has 0 aliphatic carbocycles. The molecule has 0 saturated heterocycles. The van der Waals surface area contributed by atoms with Crippen LogP contribution in [-0.4, -0.2) is 4.98 Å². The van der Waals surface area contributed by atoms with Crippen molar-refractivity contribution in [3.63, 3.8) is 0 Å². The van der Waals surface area contributed by atoms with Gasteiger partial charge in [-0.2, -0.15) is 5.26 Å². The highest BCUT2D eigenvalue weighted by Crippen LogP contribution is 2.29. The molecule has 4 nitrogen and oxygen atoms in total. The molecule has 5 heteroatoms. The van der Waals surface area contributed by atoms with Crippen molar-refractivity contribution in [1.29, 1.82) is 5.26 Å². The van der Waals surface area contributed by atoms with Gasteiger partial charge in [0, 0.05) is 12.3 Å². The van der Waals surface area contributed by atoms with Crippen molar-refractivity contribution in [1.82, 2.24) is 4.98 Å². The topological polar surface area (TPSA) is 71.9 Å². The van der Waals surface area contributed by atoms with Gasteiger partial charge in [-0.15, -0.1) is 0 Å². The number of hydrogen-bond acceptors (Lipinski definition) is 4. The van der Waals surface area contributed by atoms with Crippen LogP contribution in [0, 0.1) is 17.1 Å². The Kier molecular flexibility index (Phi) is 2.88. The van der Waals surface area contributed by atoms with E-state index in [4.69, 9.17) is 15.7 Å². The minimum atomic E-state index is -0.461. The molecule has 84 valence electrons. The van der Waals surface area contributed by atoms with Crippen molar-refractivity contribution < 1.29 is 9.13 Å². The van der Waals surface area contributed by atoms with Crippen molar-refractivity contribution in [2.45, 2.75) is 0 Å². The van der Waals surface area contributed by atoms with Crippen molar-refractivity contribution in [2.24, 2.45) is 0 Å². The number of nitrogens with zero attached hydrogens (tertiary/aromatic N) is 2. The Morgan fingerprint density at radius 1 is 1.29 bits per heavy atom. The SMILES string of the molecule is N#Cc1ccncc1Oc1cc(F)ccc1N. The number of aromatic nitrogens is 1. The molecule has 0 spiro atoms. The van der Waals surface area contributed by atoms with E-state index < -0.39 is 5.82 Å². The molecule has 0 aliphatic rings. The third-order valence-electron chi connectivity index (χ3n) is 2.10. The lowest BCUT2D eigenvalue weighted by molar-refractivity contribution is 0.475. The molecule has 2 aromatic rings. The summed E-state index contributed by atoms with van der Waals surface area (Å²) in [5.74, 6) is -0.0570. The number of nitrogen functional groups attached to an aromatic ring is 1. The second kappa shape index (κ2) is 4.49. The summed E-state index contributed by atoms with van der Waals surface area (Å²) in [6.07, 6.45) is 2.85. The number of ether oxygens (including phenoxy) is 1. The summed E-state index contributed by atoms with van der Waals surface area (Å²) in [7, 11) is 0. The lowest BCUT2D eigenvalue weighted by atomic mass is 10.2. The Bertz CT molecular complexity index is 593. The third kappa shape index (κ3) is 2.32. The molecule has 2 N–H and O–H groups in total. The zero-order valence-corrected chi connectivity index (χ0v) is 8.72. The van der Waals surface area contributed by atoms with Crippen LogP contribution in [0.5, 0.6) is 11.5 Å². The predicted molar refractivity (Wildman–Crippen MR) is 59.8 cm³/mol. The van der Waals surface area contributed by atoms with E-state index >= 15 is 0 Å². The van der Waals surface area contributed by atoms with Crippen LogP contribution < -0.4 is 10.5 Å². The van der Waals surface area contributed by atoms with Crippen LogP contribution >= 0.6 is 0 Å². The Morgan fingerprint density at radius 2 is 2.12 bits per heavy atom. The molecule has 0 atom stereocenters. The van der Waals surface area contributed by atoms with Gasteiger partial charge in [0.15, 0.2) is 11.5 Å². The average molecular weight is 229 g/mol. The van der Waals surface area contributed by atoms with Gasteiger partial charge in [-0.1, -0.05) is 0 Å². The molecule has 2 rings (SSSR count). The van der Waals surface area contributed by atoms with Crippen molar-refractivity contribution >= 4 is 5.69 Å². The maximum Gasteiger partial charge on any atom is 0.163 e. The van der Waals surface area contributed by atoms with E-state index in [1.54, 1.807) is 0 Å². The van der Waals surface area contributed by atoms with Crippen LogP contribution in [-0.2, 0) is 0 Å². The van der Waals surface area contributed by atoms with Gasteiger partial charge < -0.3 is 10.5 Å². The normalized spacial score (nSPS) is 9.65. The number of nitriles is 1. The maximum absolute atomic E-state index is 13.0. The molecule has 1 aromatic carbocycles. The van der Waals surface area contributed by atoms with Crippen molar-refractivity contribution in [2.75, 3.05) is 5.73 Å². The number of anilines is 1. The number of pyridine rings is 1. The summed E-state index contributed by atoms with van der Waals surface area (Å²) in [5.41, 5.74) is 6.23. The molecule has 1 aromatic heterocycles. The first kappa shape index (κ1) is 10.9. The van der Waals surface area contributed by atoms with E-state index in [0.29, 0.717) is 11.3 Å². The van der Waals surface area contributed by atoms with Gasteiger partial charge in [0.25, 0.3) is 0 Å². The van der Waals surface area contributed by atoms with Gasteiger partial charge in [-0.3, -0.25) is 4.98 Å². The summed E-state index contributed by atoms with van der Waals surface area (Å²) < 4.78 is 18.4. The molecule has 1 heterocycles. The quantitative estimate of drug-likeness (QED) is 0.803. The molecular formula is C12H8FN3O. The summed E-state index contributed by atoms with van der Waals surface area (Å²) in [6.45, 7) is 0. The van der Waals surface area contributed by atoms with Crippen LogP contribution in [0.25, 0.3) is 0 Å². The first-order valence-electron chi connectivity index (χ1n) is 4.77. The van der Waals surface area contributed by atoms with E-state index in [1.165, 1.54) is 30.6 Å². The van der Waals surface area contributed by atoms with Gasteiger partial charge >= 0.3 is 0 Å². The van der Waals surface area contributed by atoms with Crippen molar-refractivity contribution in [3.05, 3.63) is 48.0 Å². The van der Waals surface area contributed by atoms with Gasteiger partial charge in [-0.25, -0.2) is 4.39 Å². The van der Waals surface area contributed by atoms with Gasteiger partial charge in [0.2, 0.25) is 0 Å². The first-order chi connectivity index (χ1) is 8.20. The molecule has 0 radical (unpaired) electrons. The molecule has 0 bridgehead atoms. The molecular weight excluding hydrogens is 221 g/mol. The standard InChI is InChI=1S/C12H8FN3O/c13-9-1-2-10(15)11(5-9)17-12-7-16-4-3-8(12)6-14/h1-5,7H,15H2. The van der Waals surface area contributed by atoms with Gasteiger partial charge in [-0.05, 0) is 18.2 Å².